The minimum Gasteiger partial charge on any atom is -0.496 e. The number of amides is 1. The Labute approximate surface area is 213 Å². The van der Waals surface area contributed by atoms with Crippen molar-refractivity contribution in [2.45, 2.75) is 52.1 Å². The summed E-state index contributed by atoms with van der Waals surface area (Å²) in [6.45, 7) is 7.53. The lowest BCUT2D eigenvalue weighted by Crippen LogP contribution is -2.38. The molecule has 4 rings (SSSR count). The summed E-state index contributed by atoms with van der Waals surface area (Å²) in [4.78, 5) is 15.7. The third-order valence-electron chi connectivity index (χ3n) is 7.05. The Kier molecular flexibility index (Phi) is 7.73. The van der Waals surface area contributed by atoms with E-state index in [1.807, 2.05) is 24.4 Å². The second-order valence-electron chi connectivity index (χ2n) is 9.69. The zero-order valence-corrected chi connectivity index (χ0v) is 22.2. The molecule has 194 valence electrons. The molecule has 0 radical (unpaired) electrons. The first-order valence-corrected chi connectivity index (χ1v) is 14.1. The van der Waals surface area contributed by atoms with Gasteiger partial charge >= 0.3 is 0 Å². The molecule has 0 bridgehead atoms. The third kappa shape index (κ3) is 5.28. The van der Waals surface area contributed by atoms with Gasteiger partial charge in [0.1, 0.15) is 5.75 Å². The lowest BCUT2D eigenvalue weighted by Gasteiger charge is -2.31. The quantitative estimate of drug-likeness (QED) is 0.401. The Hall–Kier alpha value is -2.88. The molecule has 2 heterocycles. The van der Waals surface area contributed by atoms with Crippen LogP contribution in [0.25, 0.3) is 22.0 Å². The molecule has 36 heavy (non-hydrogen) atoms. The fourth-order valence-electron chi connectivity index (χ4n) is 4.99. The van der Waals surface area contributed by atoms with Crippen molar-refractivity contribution in [3.63, 3.8) is 0 Å². The summed E-state index contributed by atoms with van der Waals surface area (Å²) in [5, 5.41) is 4.39. The number of nitrogens with two attached hydrogens (primary N) is 1. The molecule has 8 nitrogen and oxygen atoms in total. The third-order valence-corrected chi connectivity index (χ3v) is 8.93. The first kappa shape index (κ1) is 26.2. The van der Waals surface area contributed by atoms with Crippen LogP contribution in [0.1, 0.15) is 61.0 Å². The van der Waals surface area contributed by atoms with Crippen LogP contribution in [0.5, 0.6) is 5.75 Å². The number of aromatic nitrogens is 1. The van der Waals surface area contributed by atoms with Crippen LogP contribution in [0.2, 0.25) is 0 Å². The summed E-state index contributed by atoms with van der Waals surface area (Å²) in [5.41, 5.74) is 10.9. The van der Waals surface area contributed by atoms with Gasteiger partial charge < -0.3 is 20.8 Å². The van der Waals surface area contributed by atoms with Gasteiger partial charge in [0.05, 0.1) is 23.9 Å². The molecule has 1 amide bonds. The van der Waals surface area contributed by atoms with E-state index >= 15 is 0 Å². The highest BCUT2D eigenvalue weighted by molar-refractivity contribution is 7.89. The molecular formula is C27H36N4O4S. The van der Waals surface area contributed by atoms with Crippen LogP contribution in [0.4, 0.5) is 0 Å². The molecule has 1 aliphatic heterocycles. The summed E-state index contributed by atoms with van der Waals surface area (Å²) in [6, 6.07) is 10.3. The van der Waals surface area contributed by atoms with E-state index in [0.29, 0.717) is 31.2 Å². The molecule has 0 aliphatic carbocycles. The highest BCUT2D eigenvalue weighted by atomic mass is 32.2. The molecule has 1 fully saturated rings. The van der Waals surface area contributed by atoms with Crippen molar-refractivity contribution in [1.82, 2.24) is 14.6 Å². The molecule has 9 heteroatoms. The number of ether oxygens (including phenoxy) is 1. The van der Waals surface area contributed by atoms with Crippen LogP contribution in [0.3, 0.4) is 0 Å². The number of aromatic amines is 1. The molecule has 3 aromatic rings. The van der Waals surface area contributed by atoms with Crippen LogP contribution < -0.4 is 15.8 Å². The molecule has 4 N–H and O–H groups in total. The molecule has 0 saturated carbocycles. The molecule has 2 aromatic carbocycles. The summed E-state index contributed by atoms with van der Waals surface area (Å²) >= 11 is 0. The highest BCUT2D eigenvalue weighted by Crippen LogP contribution is 2.38. The van der Waals surface area contributed by atoms with E-state index in [1.165, 1.54) is 0 Å². The zero-order valence-electron chi connectivity index (χ0n) is 21.4. The Morgan fingerprint density at radius 2 is 1.92 bits per heavy atom. The van der Waals surface area contributed by atoms with Crippen LogP contribution in [0, 0.1) is 0 Å². The molecule has 1 aromatic heterocycles. The normalized spacial score (nSPS) is 15.6. The van der Waals surface area contributed by atoms with Gasteiger partial charge in [-0.3, -0.25) is 4.79 Å². The number of carbonyl (C=O) groups excluding carboxylic acids is 1. The summed E-state index contributed by atoms with van der Waals surface area (Å²) in [5.74, 6) is 0.625. The number of piperidine rings is 1. The van der Waals surface area contributed by atoms with Crippen molar-refractivity contribution >= 4 is 26.8 Å². The second-order valence-corrected chi connectivity index (χ2v) is 11.9. The summed E-state index contributed by atoms with van der Waals surface area (Å²) in [7, 11) is -1.53. The minimum absolute atomic E-state index is 0.118. The van der Waals surface area contributed by atoms with E-state index in [-0.39, 0.29) is 11.7 Å². The Bertz CT molecular complexity index is 1360. The van der Waals surface area contributed by atoms with Crippen LogP contribution in [-0.2, 0) is 16.6 Å². The average molecular weight is 513 g/mol. The number of nitrogens with zero attached hydrogens (tertiary/aromatic N) is 1. The first-order valence-electron chi connectivity index (χ1n) is 12.5. The van der Waals surface area contributed by atoms with E-state index < -0.39 is 15.9 Å². The van der Waals surface area contributed by atoms with Gasteiger partial charge in [0.25, 0.3) is 5.91 Å². The SMILES string of the molecule is CCS(=O)(=O)N1CCC(c2c[nH]c3c(C(N)=O)cc(-c4ccc(OC)c(CNC(C)C)c4)cc23)CC1. The van der Waals surface area contributed by atoms with E-state index in [9.17, 15) is 13.2 Å². The molecule has 0 unspecified atom stereocenters. The lowest BCUT2D eigenvalue weighted by molar-refractivity contribution is 0.100. The van der Waals surface area contributed by atoms with Gasteiger partial charge in [-0.15, -0.1) is 0 Å². The highest BCUT2D eigenvalue weighted by Gasteiger charge is 2.29. The van der Waals surface area contributed by atoms with Gasteiger partial charge in [0, 0.05) is 42.8 Å². The van der Waals surface area contributed by atoms with E-state index in [4.69, 9.17) is 10.5 Å². The lowest BCUT2D eigenvalue weighted by atomic mass is 9.88. The fraction of sp³-hybridized carbons (Fsp3) is 0.444. The average Bonchev–Trinajstić information content (AvgIpc) is 3.30. The van der Waals surface area contributed by atoms with Crippen molar-refractivity contribution in [3.05, 3.63) is 53.2 Å². The number of nitrogens with one attached hydrogen (secondary N) is 2. The predicted molar refractivity (Wildman–Crippen MR) is 144 cm³/mol. The van der Waals surface area contributed by atoms with Gasteiger partial charge in [-0.05, 0) is 66.6 Å². The molecule has 1 saturated heterocycles. The zero-order chi connectivity index (χ0) is 26.0. The summed E-state index contributed by atoms with van der Waals surface area (Å²) in [6.07, 6.45) is 3.41. The number of methoxy groups -OCH3 is 1. The van der Waals surface area contributed by atoms with Crippen LogP contribution in [-0.4, -0.2) is 55.6 Å². The van der Waals surface area contributed by atoms with Crippen molar-refractivity contribution < 1.29 is 17.9 Å². The number of benzene rings is 2. The Balaban J connectivity index is 1.73. The predicted octanol–water partition coefficient (Wildman–Crippen LogP) is 3.97. The largest absolute Gasteiger partial charge is 0.496 e. The number of hydrogen-bond acceptors (Lipinski definition) is 5. The number of carbonyl (C=O) groups is 1. The van der Waals surface area contributed by atoms with Crippen molar-refractivity contribution in [1.29, 1.82) is 0 Å². The van der Waals surface area contributed by atoms with E-state index in [1.54, 1.807) is 18.3 Å². The van der Waals surface area contributed by atoms with Crippen molar-refractivity contribution in [3.8, 4) is 16.9 Å². The number of fused-ring (bicyclic) bond motifs is 1. The van der Waals surface area contributed by atoms with Gasteiger partial charge in [-0.2, -0.15) is 0 Å². The van der Waals surface area contributed by atoms with Gasteiger partial charge in [-0.1, -0.05) is 19.9 Å². The second kappa shape index (κ2) is 10.6. The van der Waals surface area contributed by atoms with E-state index in [2.05, 4.69) is 36.3 Å². The molecule has 0 spiro atoms. The Morgan fingerprint density at radius 3 is 2.53 bits per heavy atom. The molecule has 0 atom stereocenters. The number of sulfonamides is 1. The summed E-state index contributed by atoms with van der Waals surface area (Å²) < 4.78 is 31.7. The fourth-order valence-corrected chi connectivity index (χ4v) is 6.12. The van der Waals surface area contributed by atoms with E-state index in [0.717, 1.165) is 51.7 Å². The number of rotatable bonds is 9. The van der Waals surface area contributed by atoms with Crippen LogP contribution in [0.15, 0.2) is 36.5 Å². The van der Waals surface area contributed by atoms with Crippen molar-refractivity contribution in [2.75, 3.05) is 26.0 Å². The van der Waals surface area contributed by atoms with Gasteiger partial charge in [0.15, 0.2) is 0 Å². The van der Waals surface area contributed by atoms with Crippen LogP contribution >= 0.6 is 0 Å². The number of primary amides is 1. The maximum atomic E-state index is 12.4. The van der Waals surface area contributed by atoms with Crippen molar-refractivity contribution in [2.24, 2.45) is 5.73 Å². The monoisotopic (exact) mass is 512 g/mol. The number of H-pyrrole nitrogens is 1. The minimum atomic E-state index is -3.19. The van der Waals surface area contributed by atoms with Gasteiger partial charge in [-0.25, -0.2) is 12.7 Å². The van der Waals surface area contributed by atoms with Gasteiger partial charge in [0.2, 0.25) is 10.0 Å². The first-order chi connectivity index (χ1) is 17.1. The number of hydrogen-bond donors (Lipinski definition) is 3. The Morgan fingerprint density at radius 1 is 1.19 bits per heavy atom. The maximum absolute atomic E-state index is 12.4. The standard InChI is InChI=1S/C27H36N4O4S/c1-5-36(33,34)31-10-8-18(9-11-31)24-16-30-26-22(24)13-20(14-23(26)27(28)32)19-6-7-25(35-4)21(12-19)15-29-17(2)3/h6-7,12-14,16-18,29-30H,5,8-11,15H2,1-4H3,(H2,28,32). The maximum Gasteiger partial charge on any atom is 0.250 e. The topological polar surface area (TPSA) is 118 Å². The molecular weight excluding hydrogens is 476 g/mol. The smallest absolute Gasteiger partial charge is 0.250 e. The molecule has 1 aliphatic rings.